The molecule has 0 atom stereocenters. The fourth-order valence-corrected chi connectivity index (χ4v) is 1.78. The zero-order chi connectivity index (χ0) is 15.9. The minimum Gasteiger partial charge on any atom is -0.494 e. The van der Waals surface area contributed by atoms with Gasteiger partial charge in [-0.1, -0.05) is 0 Å². The molecule has 0 unspecified atom stereocenters. The van der Waals surface area contributed by atoms with Crippen molar-refractivity contribution in [3.63, 3.8) is 0 Å². The number of carbonyl (C=O) groups excluding carboxylic acids is 1. The number of H-pyrrole nitrogens is 1. The minimum absolute atomic E-state index is 0.182. The number of carbonyl (C=O) groups is 1. The number of hydrogen-bond acceptors (Lipinski definition) is 4. The Bertz CT molecular complexity index is 665. The monoisotopic (exact) mass is 305 g/mol. The third-order valence-corrected chi connectivity index (χ3v) is 2.97. The maximum atomic E-state index is 12.7. The van der Waals surface area contributed by atoms with Crippen LogP contribution in [0.3, 0.4) is 0 Å². The van der Waals surface area contributed by atoms with Gasteiger partial charge in [0.15, 0.2) is 0 Å². The van der Waals surface area contributed by atoms with E-state index in [0.29, 0.717) is 25.3 Å². The van der Waals surface area contributed by atoms with Crippen LogP contribution in [-0.4, -0.2) is 41.2 Å². The molecule has 1 aromatic heterocycles. The first-order chi connectivity index (χ1) is 10.6. The van der Waals surface area contributed by atoms with E-state index in [1.54, 1.807) is 19.2 Å². The first-order valence-corrected chi connectivity index (χ1v) is 6.76. The van der Waals surface area contributed by atoms with Crippen molar-refractivity contribution in [3.05, 3.63) is 58.3 Å². The van der Waals surface area contributed by atoms with Crippen molar-refractivity contribution in [1.29, 1.82) is 0 Å². The second-order valence-corrected chi connectivity index (χ2v) is 4.69. The van der Waals surface area contributed by atoms with E-state index in [0.717, 1.165) is 0 Å². The summed E-state index contributed by atoms with van der Waals surface area (Å²) < 4.78 is 18.2. The number of rotatable bonds is 6. The lowest BCUT2D eigenvalue weighted by Gasteiger charge is -2.16. The molecule has 6 nitrogen and oxygen atoms in total. The van der Waals surface area contributed by atoms with Gasteiger partial charge in [-0.3, -0.25) is 9.59 Å². The number of halogens is 1. The zero-order valence-corrected chi connectivity index (χ0v) is 12.1. The number of nitrogens with zero attached hydrogens (tertiary/aromatic N) is 2. The molecule has 0 radical (unpaired) electrons. The molecule has 1 heterocycles. The number of nitrogens with one attached hydrogen (secondary N) is 1. The van der Waals surface area contributed by atoms with E-state index in [9.17, 15) is 14.0 Å². The average Bonchev–Trinajstić information content (AvgIpc) is 2.53. The number of ether oxygens (including phenoxy) is 1. The minimum atomic E-state index is -0.355. The molecule has 0 aliphatic heterocycles. The highest BCUT2D eigenvalue weighted by Crippen LogP contribution is 2.11. The lowest BCUT2D eigenvalue weighted by atomic mass is 10.3. The molecule has 2 rings (SSSR count). The van der Waals surface area contributed by atoms with Gasteiger partial charge < -0.3 is 9.64 Å². The molecule has 0 aliphatic carbocycles. The first kappa shape index (κ1) is 15.7. The van der Waals surface area contributed by atoms with Gasteiger partial charge in [0.05, 0.1) is 6.61 Å². The predicted molar refractivity (Wildman–Crippen MR) is 78.3 cm³/mol. The summed E-state index contributed by atoms with van der Waals surface area (Å²) in [4.78, 5) is 24.4. The second kappa shape index (κ2) is 7.35. The molecule has 7 heteroatoms. The van der Waals surface area contributed by atoms with Crippen molar-refractivity contribution in [1.82, 2.24) is 15.1 Å². The van der Waals surface area contributed by atoms with Crippen LogP contribution in [0, 0.1) is 5.82 Å². The highest BCUT2D eigenvalue weighted by atomic mass is 19.1. The van der Waals surface area contributed by atoms with Crippen LogP contribution in [0.25, 0.3) is 0 Å². The second-order valence-electron chi connectivity index (χ2n) is 4.69. The molecule has 2 aromatic rings. The SMILES string of the molecule is CN(CCCOc1ccc(F)cc1)C(=O)c1ccc(=O)[nH]n1. The quantitative estimate of drug-likeness (QED) is 0.820. The fraction of sp³-hybridized carbons (Fsp3) is 0.267. The normalized spacial score (nSPS) is 10.3. The van der Waals surface area contributed by atoms with Crippen molar-refractivity contribution < 1.29 is 13.9 Å². The van der Waals surface area contributed by atoms with Crippen molar-refractivity contribution in [2.45, 2.75) is 6.42 Å². The summed E-state index contributed by atoms with van der Waals surface area (Å²) in [7, 11) is 1.65. The van der Waals surface area contributed by atoms with Gasteiger partial charge in [0.25, 0.3) is 11.5 Å². The largest absolute Gasteiger partial charge is 0.494 e. The molecular formula is C15H16FN3O3. The Kier molecular flexibility index (Phi) is 5.24. The smallest absolute Gasteiger partial charge is 0.274 e. The Morgan fingerprint density at radius 3 is 2.64 bits per heavy atom. The van der Waals surface area contributed by atoms with Gasteiger partial charge in [-0.15, -0.1) is 0 Å². The fourth-order valence-electron chi connectivity index (χ4n) is 1.78. The average molecular weight is 305 g/mol. The van der Waals surface area contributed by atoms with Crippen molar-refractivity contribution in [2.24, 2.45) is 0 Å². The van der Waals surface area contributed by atoms with E-state index in [1.165, 1.54) is 29.2 Å². The van der Waals surface area contributed by atoms with Gasteiger partial charge in [0.1, 0.15) is 17.3 Å². The maximum absolute atomic E-state index is 12.7. The van der Waals surface area contributed by atoms with Crippen LogP contribution in [-0.2, 0) is 0 Å². The number of hydrogen-bond donors (Lipinski definition) is 1. The Morgan fingerprint density at radius 1 is 1.27 bits per heavy atom. The topological polar surface area (TPSA) is 75.3 Å². The van der Waals surface area contributed by atoms with Crippen LogP contribution in [0.15, 0.2) is 41.2 Å². The van der Waals surface area contributed by atoms with Crippen LogP contribution >= 0.6 is 0 Å². The molecule has 0 saturated heterocycles. The van der Waals surface area contributed by atoms with Gasteiger partial charge >= 0.3 is 0 Å². The van der Waals surface area contributed by atoms with Crippen LogP contribution in [0.1, 0.15) is 16.9 Å². The van der Waals surface area contributed by atoms with Crippen LogP contribution in [0.4, 0.5) is 4.39 Å². The van der Waals surface area contributed by atoms with Gasteiger partial charge in [-0.25, -0.2) is 9.49 Å². The van der Waals surface area contributed by atoms with Gasteiger partial charge in [-0.2, -0.15) is 5.10 Å². The molecule has 1 aromatic carbocycles. The molecule has 0 aliphatic rings. The molecule has 116 valence electrons. The van der Waals surface area contributed by atoms with Gasteiger partial charge in [0, 0.05) is 19.7 Å². The molecule has 0 saturated carbocycles. The number of aromatic nitrogens is 2. The zero-order valence-electron chi connectivity index (χ0n) is 12.1. The van der Waals surface area contributed by atoms with E-state index in [4.69, 9.17) is 4.74 Å². The number of aromatic amines is 1. The Morgan fingerprint density at radius 2 is 2.00 bits per heavy atom. The Labute approximate surface area is 126 Å². The summed E-state index contributed by atoms with van der Waals surface area (Å²) in [6, 6.07) is 8.39. The summed E-state index contributed by atoms with van der Waals surface area (Å²) in [6.45, 7) is 0.878. The van der Waals surface area contributed by atoms with Crippen LogP contribution in [0.5, 0.6) is 5.75 Å². The third-order valence-electron chi connectivity index (χ3n) is 2.97. The third kappa shape index (κ3) is 4.41. The predicted octanol–water partition coefficient (Wildman–Crippen LogP) is 1.45. The van der Waals surface area contributed by atoms with Crippen molar-refractivity contribution in [2.75, 3.05) is 20.2 Å². The van der Waals surface area contributed by atoms with E-state index in [1.807, 2.05) is 0 Å². The van der Waals surface area contributed by atoms with E-state index in [2.05, 4.69) is 10.2 Å². The van der Waals surface area contributed by atoms with E-state index < -0.39 is 0 Å². The van der Waals surface area contributed by atoms with E-state index in [-0.39, 0.29) is 23.0 Å². The first-order valence-electron chi connectivity index (χ1n) is 6.76. The molecule has 22 heavy (non-hydrogen) atoms. The molecule has 0 spiro atoms. The lowest BCUT2D eigenvalue weighted by molar-refractivity contribution is 0.0781. The van der Waals surface area contributed by atoms with Gasteiger partial charge in [0.2, 0.25) is 0 Å². The molecule has 1 amide bonds. The summed E-state index contributed by atoms with van der Waals surface area (Å²) >= 11 is 0. The standard InChI is InChI=1S/C15H16FN3O3/c1-19(15(21)13-7-8-14(20)18-17-13)9-2-10-22-12-5-3-11(16)4-6-12/h3-8H,2,9-10H2,1H3,(H,18,20). The number of amides is 1. The lowest BCUT2D eigenvalue weighted by Crippen LogP contribution is -2.30. The molecular weight excluding hydrogens is 289 g/mol. The van der Waals surface area contributed by atoms with Crippen LogP contribution < -0.4 is 10.3 Å². The van der Waals surface area contributed by atoms with Crippen molar-refractivity contribution >= 4 is 5.91 Å². The summed E-state index contributed by atoms with van der Waals surface area (Å²) in [5, 5.41) is 5.91. The molecule has 1 N–H and O–H groups in total. The highest BCUT2D eigenvalue weighted by molar-refractivity contribution is 5.91. The van der Waals surface area contributed by atoms with Crippen molar-refractivity contribution in [3.8, 4) is 5.75 Å². The summed E-state index contributed by atoms with van der Waals surface area (Å²) in [6.07, 6.45) is 0.614. The number of benzene rings is 1. The van der Waals surface area contributed by atoms with Gasteiger partial charge in [-0.05, 0) is 36.8 Å². The molecule has 0 fully saturated rings. The summed E-state index contributed by atoms with van der Waals surface area (Å²) in [5.74, 6) is -0.0122. The Hall–Kier alpha value is -2.70. The van der Waals surface area contributed by atoms with Crippen LogP contribution in [0.2, 0.25) is 0 Å². The molecule has 0 bridgehead atoms. The Balaban J connectivity index is 1.76. The van der Waals surface area contributed by atoms with E-state index >= 15 is 0 Å². The highest BCUT2D eigenvalue weighted by Gasteiger charge is 2.12. The maximum Gasteiger partial charge on any atom is 0.274 e. The summed E-state index contributed by atoms with van der Waals surface area (Å²) in [5.41, 5.74) is -0.173.